The summed E-state index contributed by atoms with van der Waals surface area (Å²) in [5.41, 5.74) is 1.19. The van der Waals surface area contributed by atoms with E-state index >= 15 is 0 Å². The Morgan fingerprint density at radius 1 is 0.833 bits per heavy atom. The average Bonchev–Trinajstić information content (AvgIpc) is 2.91. The molecule has 0 N–H and O–H groups in total. The van der Waals surface area contributed by atoms with Crippen LogP contribution in [-0.2, 0) is 4.74 Å². The van der Waals surface area contributed by atoms with Gasteiger partial charge in [0, 0.05) is 7.11 Å². The summed E-state index contributed by atoms with van der Waals surface area (Å²) in [7, 11) is 1.99. The van der Waals surface area contributed by atoms with E-state index in [4.69, 9.17) is 4.74 Å². The summed E-state index contributed by atoms with van der Waals surface area (Å²) in [4.78, 5) is 0. The first-order valence-corrected chi connectivity index (χ1v) is 10.9. The molecule has 0 heterocycles. The van der Waals surface area contributed by atoms with E-state index in [1.165, 1.54) is 57.8 Å². The Morgan fingerprint density at radius 2 is 1.58 bits per heavy atom. The van der Waals surface area contributed by atoms with E-state index < -0.39 is 0 Å². The number of hydrogen-bond acceptors (Lipinski definition) is 1. The van der Waals surface area contributed by atoms with Crippen molar-refractivity contribution in [1.29, 1.82) is 0 Å². The van der Waals surface area contributed by atoms with Crippen molar-refractivity contribution in [3.8, 4) is 0 Å². The molecule has 1 heteroatoms. The molecular formula is C23H40O. The van der Waals surface area contributed by atoms with Crippen LogP contribution in [0.3, 0.4) is 0 Å². The van der Waals surface area contributed by atoms with Gasteiger partial charge >= 0.3 is 0 Å². The van der Waals surface area contributed by atoms with Crippen LogP contribution in [0.4, 0.5) is 0 Å². The largest absolute Gasteiger partial charge is 0.381 e. The van der Waals surface area contributed by atoms with Gasteiger partial charge in [-0.05, 0) is 91.3 Å². The monoisotopic (exact) mass is 332 g/mol. The molecule has 8 unspecified atom stereocenters. The minimum Gasteiger partial charge on any atom is -0.381 e. The van der Waals surface area contributed by atoms with Gasteiger partial charge in [-0.3, -0.25) is 0 Å². The van der Waals surface area contributed by atoms with E-state index in [-0.39, 0.29) is 0 Å². The lowest BCUT2D eigenvalue weighted by atomic mass is 9.44. The zero-order valence-corrected chi connectivity index (χ0v) is 16.8. The van der Waals surface area contributed by atoms with Gasteiger partial charge in [0.05, 0.1) is 6.10 Å². The van der Waals surface area contributed by atoms with Crippen LogP contribution in [-0.4, -0.2) is 13.2 Å². The third-order valence-corrected chi connectivity index (χ3v) is 9.75. The maximum Gasteiger partial charge on any atom is 0.0607 e. The summed E-state index contributed by atoms with van der Waals surface area (Å²) in [5.74, 6) is 5.55. The molecule has 0 aliphatic heterocycles. The Kier molecular flexibility index (Phi) is 4.34. The number of rotatable bonds is 2. The van der Waals surface area contributed by atoms with Crippen LogP contribution in [0.15, 0.2) is 0 Å². The first-order chi connectivity index (χ1) is 11.4. The smallest absolute Gasteiger partial charge is 0.0607 e. The van der Waals surface area contributed by atoms with Crippen molar-refractivity contribution >= 4 is 0 Å². The fourth-order valence-corrected chi connectivity index (χ4v) is 8.72. The zero-order valence-electron chi connectivity index (χ0n) is 16.8. The predicted octanol–water partition coefficient (Wildman–Crippen LogP) is 6.32. The topological polar surface area (TPSA) is 9.23 Å². The second-order valence-corrected chi connectivity index (χ2v) is 10.7. The minimum atomic E-state index is 0.539. The van der Waals surface area contributed by atoms with Gasteiger partial charge < -0.3 is 4.74 Å². The van der Waals surface area contributed by atoms with Crippen LogP contribution in [0, 0.1) is 46.3 Å². The van der Waals surface area contributed by atoms with E-state index in [2.05, 4.69) is 27.7 Å². The lowest BCUT2D eigenvalue weighted by Crippen LogP contribution is -2.57. The summed E-state index contributed by atoms with van der Waals surface area (Å²) in [6.45, 7) is 10.3. The standard InChI is InChI=1S/C23H40O/c1-15(2)17-9-10-18-16-14-21(24-5)20-8-6-7-12-22(20,3)19(16)11-13-23(17,18)4/h15-21H,6-14H2,1-5H3. The quantitative estimate of drug-likeness (QED) is 0.575. The van der Waals surface area contributed by atoms with Crippen molar-refractivity contribution < 1.29 is 4.74 Å². The summed E-state index contributed by atoms with van der Waals surface area (Å²) in [5, 5.41) is 0. The van der Waals surface area contributed by atoms with Gasteiger partial charge in [0.1, 0.15) is 0 Å². The highest BCUT2D eigenvalue weighted by molar-refractivity contribution is 5.10. The molecule has 0 aromatic carbocycles. The van der Waals surface area contributed by atoms with E-state index in [1.54, 1.807) is 0 Å². The molecule has 4 aliphatic rings. The molecule has 24 heavy (non-hydrogen) atoms. The molecule has 0 aromatic rings. The second kappa shape index (κ2) is 6.00. The number of fused-ring (bicyclic) bond motifs is 5. The van der Waals surface area contributed by atoms with Crippen LogP contribution in [0.1, 0.15) is 85.5 Å². The number of hydrogen-bond donors (Lipinski definition) is 0. The highest BCUT2D eigenvalue weighted by atomic mass is 16.5. The van der Waals surface area contributed by atoms with Crippen molar-refractivity contribution in [1.82, 2.24) is 0 Å². The zero-order chi connectivity index (χ0) is 17.1. The summed E-state index contributed by atoms with van der Waals surface area (Å²) >= 11 is 0. The van der Waals surface area contributed by atoms with Crippen LogP contribution < -0.4 is 0 Å². The molecule has 0 radical (unpaired) electrons. The molecule has 4 saturated carbocycles. The van der Waals surface area contributed by atoms with E-state index in [9.17, 15) is 0 Å². The fraction of sp³-hybridized carbons (Fsp3) is 1.00. The molecular weight excluding hydrogens is 292 g/mol. The molecule has 138 valence electrons. The Bertz CT molecular complexity index is 471. The fourth-order valence-electron chi connectivity index (χ4n) is 8.72. The van der Waals surface area contributed by atoms with Gasteiger partial charge in [-0.1, -0.05) is 40.5 Å². The van der Waals surface area contributed by atoms with Crippen molar-refractivity contribution in [2.45, 2.75) is 91.6 Å². The second-order valence-electron chi connectivity index (χ2n) is 10.7. The predicted molar refractivity (Wildman–Crippen MR) is 101 cm³/mol. The molecule has 0 aromatic heterocycles. The Labute approximate surface area is 150 Å². The molecule has 0 bridgehead atoms. The Hall–Kier alpha value is -0.0400. The van der Waals surface area contributed by atoms with Gasteiger partial charge in [-0.15, -0.1) is 0 Å². The number of ether oxygens (including phenoxy) is 1. The van der Waals surface area contributed by atoms with Crippen molar-refractivity contribution in [3.63, 3.8) is 0 Å². The number of methoxy groups -OCH3 is 1. The molecule has 4 aliphatic carbocycles. The van der Waals surface area contributed by atoms with Gasteiger partial charge in [0.25, 0.3) is 0 Å². The lowest BCUT2D eigenvalue weighted by molar-refractivity contribution is -0.167. The van der Waals surface area contributed by atoms with Crippen LogP contribution >= 0.6 is 0 Å². The molecule has 4 rings (SSSR count). The van der Waals surface area contributed by atoms with Crippen molar-refractivity contribution in [2.75, 3.05) is 7.11 Å². The first kappa shape index (κ1) is 17.4. The maximum absolute atomic E-state index is 6.13. The first-order valence-electron chi connectivity index (χ1n) is 10.9. The molecule has 0 amide bonds. The normalized spacial score (nSPS) is 54.2. The van der Waals surface area contributed by atoms with Gasteiger partial charge in [-0.25, -0.2) is 0 Å². The molecule has 0 spiro atoms. The van der Waals surface area contributed by atoms with Gasteiger partial charge in [-0.2, -0.15) is 0 Å². The molecule has 0 saturated heterocycles. The molecule has 8 atom stereocenters. The Balaban J connectivity index is 1.66. The third kappa shape index (κ3) is 2.29. The highest BCUT2D eigenvalue weighted by Crippen LogP contribution is 2.68. The third-order valence-electron chi connectivity index (χ3n) is 9.75. The SMILES string of the molecule is COC1CC2C3CCC(C(C)C)C3(C)CCC2C2(C)CCCCC12. The molecule has 4 fully saturated rings. The van der Waals surface area contributed by atoms with Crippen LogP contribution in [0.25, 0.3) is 0 Å². The van der Waals surface area contributed by atoms with Crippen LogP contribution in [0.5, 0.6) is 0 Å². The van der Waals surface area contributed by atoms with E-state index in [0.717, 1.165) is 35.5 Å². The molecule has 1 nitrogen and oxygen atoms in total. The summed E-state index contributed by atoms with van der Waals surface area (Å²) in [6, 6.07) is 0. The Morgan fingerprint density at radius 3 is 2.29 bits per heavy atom. The highest BCUT2D eigenvalue weighted by Gasteiger charge is 2.61. The van der Waals surface area contributed by atoms with Gasteiger partial charge in [0.15, 0.2) is 0 Å². The summed E-state index contributed by atoms with van der Waals surface area (Å²) < 4.78 is 6.13. The average molecular weight is 333 g/mol. The summed E-state index contributed by atoms with van der Waals surface area (Å²) in [6.07, 6.45) is 13.7. The maximum atomic E-state index is 6.13. The van der Waals surface area contributed by atoms with Crippen molar-refractivity contribution in [3.05, 3.63) is 0 Å². The van der Waals surface area contributed by atoms with Crippen molar-refractivity contribution in [2.24, 2.45) is 46.3 Å². The van der Waals surface area contributed by atoms with E-state index in [0.29, 0.717) is 16.9 Å². The van der Waals surface area contributed by atoms with Gasteiger partial charge in [0.2, 0.25) is 0 Å². The van der Waals surface area contributed by atoms with E-state index in [1.807, 2.05) is 7.11 Å². The van der Waals surface area contributed by atoms with Crippen LogP contribution in [0.2, 0.25) is 0 Å². The lowest BCUT2D eigenvalue weighted by Gasteiger charge is -2.62. The minimum absolute atomic E-state index is 0.539.